The van der Waals surface area contributed by atoms with Crippen LogP contribution in [-0.2, 0) is 0 Å². The Labute approximate surface area is 159 Å². The van der Waals surface area contributed by atoms with Gasteiger partial charge in [-0.2, -0.15) is 0 Å². The Balaban J connectivity index is 1.58. The average Bonchev–Trinajstić information content (AvgIpc) is 3.13. The summed E-state index contributed by atoms with van der Waals surface area (Å²) >= 11 is 0. The van der Waals surface area contributed by atoms with E-state index in [1.807, 2.05) is 53.5 Å². The molecule has 0 amide bonds. The second kappa shape index (κ2) is 6.45. The van der Waals surface area contributed by atoms with Crippen molar-refractivity contribution in [2.24, 2.45) is 5.84 Å². The Bertz CT molecular complexity index is 1040. The van der Waals surface area contributed by atoms with Gasteiger partial charge in [0.05, 0.1) is 11.6 Å². The molecule has 2 aliphatic rings. The Hall–Kier alpha value is -3.30. The number of benzene rings is 3. The molecule has 0 fully saturated rings. The third-order valence-electron chi connectivity index (χ3n) is 5.26. The molecule has 0 radical (unpaired) electrons. The minimum atomic E-state index is -0.0164. The summed E-state index contributed by atoms with van der Waals surface area (Å²) in [6, 6.07) is 26.8. The van der Waals surface area contributed by atoms with E-state index < -0.39 is 0 Å². The van der Waals surface area contributed by atoms with Crippen molar-refractivity contribution in [1.82, 2.24) is 0 Å². The van der Waals surface area contributed by atoms with Crippen LogP contribution in [0, 0.1) is 0 Å². The number of hydrogen-bond acceptors (Lipinski definition) is 3. The molecule has 132 valence electrons. The topological polar surface area (TPSA) is 38.5 Å². The van der Waals surface area contributed by atoms with Crippen LogP contribution in [0.3, 0.4) is 0 Å². The van der Waals surface area contributed by atoms with Crippen molar-refractivity contribution in [3.05, 3.63) is 108 Å². The molecule has 1 aliphatic carbocycles. The summed E-state index contributed by atoms with van der Waals surface area (Å²) in [5.74, 6) is 7.73. The third-order valence-corrected chi connectivity index (χ3v) is 5.26. The molecule has 0 saturated carbocycles. The van der Waals surface area contributed by atoms with Crippen LogP contribution >= 0.6 is 0 Å². The highest BCUT2D eigenvalue weighted by molar-refractivity contribution is 5.80. The standard InChI is InChI=1S/C24H20N2O/c25-26(20-13-6-4-11-18(20)17-9-2-1-3-10-17)21-14-8-16-23-24(21)19-12-5-7-15-22(19)27-23/h1-16,23-24H,25H2. The summed E-state index contributed by atoms with van der Waals surface area (Å²) in [6.07, 6.45) is 6.21. The van der Waals surface area contributed by atoms with Crippen LogP contribution in [0.25, 0.3) is 11.1 Å². The van der Waals surface area contributed by atoms with Gasteiger partial charge in [-0.05, 0) is 29.8 Å². The summed E-state index contributed by atoms with van der Waals surface area (Å²) in [5.41, 5.74) is 5.46. The lowest BCUT2D eigenvalue weighted by molar-refractivity contribution is 0.263. The fraction of sp³-hybridized carbons (Fsp3) is 0.0833. The van der Waals surface area contributed by atoms with Crippen LogP contribution in [0.5, 0.6) is 5.75 Å². The lowest BCUT2D eigenvalue weighted by atomic mass is 9.88. The molecule has 0 bridgehead atoms. The Morgan fingerprint density at radius 3 is 2.44 bits per heavy atom. The van der Waals surface area contributed by atoms with Crippen molar-refractivity contribution in [3.8, 4) is 16.9 Å². The van der Waals surface area contributed by atoms with E-state index in [1.165, 1.54) is 5.56 Å². The summed E-state index contributed by atoms with van der Waals surface area (Å²) in [7, 11) is 0. The SMILES string of the molecule is NN(C1=CC=CC2Oc3ccccc3C12)c1ccccc1-c1ccccc1. The summed E-state index contributed by atoms with van der Waals surface area (Å²) in [5, 5.41) is 1.81. The average molecular weight is 352 g/mol. The lowest BCUT2D eigenvalue weighted by Crippen LogP contribution is -2.37. The van der Waals surface area contributed by atoms with Crippen molar-refractivity contribution in [2.75, 3.05) is 5.01 Å². The molecule has 1 heterocycles. The molecule has 0 saturated heterocycles. The number of nitrogens with zero attached hydrogens (tertiary/aromatic N) is 1. The van der Waals surface area contributed by atoms with Gasteiger partial charge in [-0.15, -0.1) is 0 Å². The number of hydrogen-bond donors (Lipinski definition) is 1. The number of rotatable bonds is 3. The molecule has 2 atom stereocenters. The molecule has 0 spiro atoms. The predicted octanol–water partition coefficient (Wildman–Crippen LogP) is 5.03. The van der Waals surface area contributed by atoms with Gasteiger partial charge in [0.15, 0.2) is 0 Å². The molecule has 2 unspecified atom stereocenters. The van der Waals surface area contributed by atoms with Crippen LogP contribution in [0.4, 0.5) is 5.69 Å². The van der Waals surface area contributed by atoms with Gasteiger partial charge < -0.3 is 4.74 Å². The molecule has 5 rings (SSSR count). The summed E-state index contributed by atoms with van der Waals surface area (Å²) < 4.78 is 6.13. The maximum absolute atomic E-state index is 6.70. The molecule has 1 aliphatic heterocycles. The van der Waals surface area contributed by atoms with E-state index in [-0.39, 0.29) is 12.0 Å². The second-order valence-corrected chi connectivity index (χ2v) is 6.83. The minimum Gasteiger partial charge on any atom is -0.485 e. The molecule has 3 aromatic carbocycles. The van der Waals surface area contributed by atoms with Gasteiger partial charge in [0.1, 0.15) is 11.9 Å². The van der Waals surface area contributed by atoms with Crippen LogP contribution in [0.15, 0.2) is 103 Å². The van der Waals surface area contributed by atoms with Gasteiger partial charge in [-0.1, -0.05) is 72.8 Å². The molecule has 3 heteroatoms. The minimum absolute atomic E-state index is 0.0164. The first-order valence-electron chi connectivity index (χ1n) is 9.16. The highest BCUT2D eigenvalue weighted by Gasteiger charge is 2.38. The first-order chi connectivity index (χ1) is 13.3. The van der Waals surface area contributed by atoms with Crippen molar-refractivity contribution in [1.29, 1.82) is 0 Å². The van der Waals surface area contributed by atoms with Crippen LogP contribution in [0.1, 0.15) is 11.5 Å². The van der Waals surface area contributed by atoms with Gasteiger partial charge in [0.25, 0.3) is 0 Å². The van der Waals surface area contributed by atoms with Crippen LogP contribution in [-0.4, -0.2) is 6.10 Å². The zero-order chi connectivity index (χ0) is 18.2. The van der Waals surface area contributed by atoms with Crippen LogP contribution in [0.2, 0.25) is 0 Å². The van der Waals surface area contributed by atoms with Crippen molar-refractivity contribution < 1.29 is 4.74 Å². The maximum atomic E-state index is 6.70. The van der Waals surface area contributed by atoms with E-state index >= 15 is 0 Å². The second-order valence-electron chi connectivity index (χ2n) is 6.83. The van der Waals surface area contributed by atoms with Crippen molar-refractivity contribution in [3.63, 3.8) is 0 Å². The van der Waals surface area contributed by atoms with Crippen molar-refractivity contribution >= 4 is 5.69 Å². The van der Waals surface area contributed by atoms with E-state index in [4.69, 9.17) is 10.6 Å². The van der Waals surface area contributed by atoms with Gasteiger partial charge in [0, 0.05) is 16.8 Å². The summed E-state index contributed by atoms with van der Waals surface area (Å²) in [4.78, 5) is 0. The fourth-order valence-corrected chi connectivity index (χ4v) is 4.00. The van der Waals surface area contributed by atoms with E-state index in [0.717, 1.165) is 28.3 Å². The largest absolute Gasteiger partial charge is 0.485 e. The van der Waals surface area contributed by atoms with E-state index in [0.29, 0.717) is 0 Å². The monoisotopic (exact) mass is 352 g/mol. The lowest BCUT2D eigenvalue weighted by Gasteiger charge is -2.31. The van der Waals surface area contributed by atoms with E-state index in [2.05, 4.69) is 48.6 Å². The molecular formula is C24H20N2O. The zero-order valence-electron chi connectivity index (χ0n) is 14.8. The van der Waals surface area contributed by atoms with Gasteiger partial charge >= 0.3 is 0 Å². The number of ether oxygens (including phenoxy) is 1. The molecule has 3 aromatic rings. The van der Waals surface area contributed by atoms with Gasteiger partial charge in [-0.25, -0.2) is 5.84 Å². The highest BCUT2D eigenvalue weighted by Crippen LogP contribution is 2.46. The maximum Gasteiger partial charge on any atom is 0.130 e. The number of nitrogens with two attached hydrogens (primary N) is 1. The molecular weight excluding hydrogens is 332 g/mol. The Morgan fingerprint density at radius 2 is 1.56 bits per heavy atom. The van der Waals surface area contributed by atoms with E-state index in [9.17, 15) is 0 Å². The number of anilines is 1. The molecule has 0 aromatic heterocycles. The van der Waals surface area contributed by atoms with Gasteiger partial charge in [0.2, 0.25) is 0 Å². The normalized spacial score (nSPS) is 19.7. The quantitative estimate of drug-likeness (QED) is 0.531. The number of fused-ring (bicyclic) bond motifs is 3. The van der Waals surface area contributed by atoms with Gasteiger partial charge in [-0.3, -0.25) is 5.01 Å². The first-order valence-corrected chi connectivity index (χ1v) is 9.16. The number of allylic oxidation sites excluding steroid dienone is 2. The summed E-state index contributed by atoms with van der Waals surface area (Å²) in [6.45, 7) is 0. The first kappa shape index (κ1) is 15.9. The fourth-order valence-electron chi connectivity index (χ4n) is 4.00. The van der Waals surface area contributed by atoms with Crippen LogP contribution < -0.4 is 15.6 Å². The number of para-hydroxylation sites is 2. The van der Waals surface area contributed by atoms with Crippen molar-refractivity contribution in [2.45, 2.75) is 12.0 Å². The predicted molar refractivity (Wildman–Crippen MR) is 109 cm³/mol. The molecule has 3 nitrogen and oxygen atoms in total. The Kier molecular flexibility index (Phi) is 3.80. The third kappa shape index (κ3) is 2.64. The highest BCUT2D eigenvalue weighted by atomic mass is 16.5. The Morgan fingerprint density at radius 1 is 0.815 bits per heavy atom. The zero-order valence-corrected chi connectivity index (χ0v) is 14.8. The molecule has 27 heavy (non-hydrogen) atoms. The smallest absolute Gasteiger partial charge is 0.130 e. The number of hydrazine groups is 1. The molecule has 2 N–H and O–H groups in total. The van der Waals surface area contributed by atoms with E-state index in [1.54, 1.807) is 0 Å².